The largest absolute Gasteiger partial charge is 0.319 e. The van der Waals surface area contributed by atoms with Gasteiger partial charge in [-0.15, -0.1) is 5.10 Å². The van der Waals surface area contributed by atoms with Gasteiger partial charge in [0.15, 0.2) is 5.82 Å². The molecule has 3 aromatic carbocycles. The molecule has 5 nitrogen and oxygen atoms in total. The fourth-order valence-corrected chi connectivity index (χ4v) is 3.33. The number of para-hydroxylation sites is 1. The molecule has 4 aromatic rings. The van der Waals surface area contributed by atoms with E-state index in [-0.39, 0.29) is 11.7 Å². The van der Waals surface area contributed by atoms with Gasteiger partial charge in [0.05, 0.1) is 5.69 Å². The summed E-state index contributed by atoms with van der Waals surface area (Å²) in [7, 11) is 0. The summed E-state index contributed by atoms with van der Waals surface area (Å²) in [5, 5.41) is 7.54. The van der Waals surface area contributed by atoms with E-state index in [9.17, 15) is 4.79 Å². The average Bonchev–Trinajstić information content (AvgIpc) is 3.17. The van der Waals surface area contributed by atoms with Crippen LogP contribution < -0.4 is 5.32 Å². The Balaban J connectivity index is 1.79. The molecule has 0 aliphatic carbocycles. The third-order valence-electron chi connectivity index (χ3n) is 5.32. The first-order valence-electron chi connectivity index (χ1n) is 9.91. The number of aromatic nitrogens is 3. The number of carbonyl (C=O) groups is 1. The van der Waals surface area contributed by atoms with Crippen molar-refractivity contribution in [2.75, 3.05) is 5.32 Å². The summed E-state index contributed by atoms with van der Waals surface area (Å²) in [6.07, 6.45) is 0. The maximum Gasteiger partial charge on any atom is 0.295 e. The van der Waals surface area contributed by atoms with Crippen LogP contribution in [0.4, 0.5) is 5.69 Å². The van der Waals surface area contributed by atoms with Gasteiger partial charge in [-0.05, 0) is 56.5 Å². The van der Waals surface area contributed by atoms with Crippen molar-refractivity contribution >= 4 is 11.6 Å². The summed E-state index contributed by atoms with van der Waals surface area (Å²) in [6.45, 7) is 8.07. The Kier molecular flexibility index (Phi) is 5.19. The third kappa shape index (κ3) is 3.74. The third-order valence-corrected chi connectivity index (χ3v) is 5.32. The van der Waals surface area contributed by atoms with Gasteiger partial charge in [-0.2, -0.15) is 0 Å². The number of rotatable bonds is 4. The van der Waals surface area contributed by atoms with Crippen LogP contribution >= 0.6 is 0 Å². The van der Waals surface area contributed by atoms with Crippen molar-refractivity contribution in [3.05, 3.63) is 94.8 Å². The van der Waals surface area contributed by atoms with E-state index in [0.717, 1.165) is 39.2 Å². The van der Waals surface area contributed by atoms with E-state index in [4.69, 9.17) is 0 Å². The zero-order valence-electron chi connectivity index (χ0n) is 17.6. The lowest BCUT2D eigenvalue weighted by Crippen LogP contribution is -2.15. The number of benzene rings is 3. The highest BCUT2D eigenvalue weighted by Crippen LogP contribution is 2.24. The Morgan fingerprint density at radius 3 is 2.27 bits per heavy atom. The van der Waals surface area contributed by atoms with Crippen LogP contribution in [0.5, 0.6) is 0 Å². The molecular weight excluding hydrogens is 372 g/mol. The Bertz CT molecular complexity index is 1220. The van der Waals surface area contributed by atoms with Gasteiger partial charge >= 0.3 is 0 Å². The first kappa shape index (κ1) is 19.6. The molecule has 0 aliphatic heterocycles. The van der Waals surface area contributed by atoms with Crippen LogP contribution in [-0.2, 0) is 0 Å². The molecular formula is C25H24N4O. The summed E-state index contributed by atoms with van der Waals surface area (Å²) in [4.78, 5) is 17.6. The van der Waals surface area contributed by atoms with Crippen LogP contribution in [0.15, 0.2) is 66.7 Å². The van der Waals surface area contributed by atoms with E-state index in [0.29, 0.717) is 5.82 Å². The highest BCUT2D eigenvalue weighted by atomic mass is 16.2. The molecule has 0 spiro atoms. The van der Waals surface area contributed by atoms with E-state index in [1.54, 1.807) is 4.68 Å². The molecule has 0 saturated heterocycles. The number of nitrogens with one attached hydrogen (secondary N) is 1. The molecule has 0 bridgehead atoms. The minimum atomic E-state index is -0.329. The molecule has 30 heavy (non-hydrogen) atoms. The molecule has 0 saturated carbocycles. The SMILES string of the molecule is Cc1ccc(-c2nc(C(=O)Nc3cccc(C)c3C)nn2-c2ccccc2C)cc1. The van der Waals surface area contributed by atoms with Gasteiger partial charge in [-0.3, -0.25) is 4.79 Å². The molecule has 0 atom stereocenters. The molecule has 1 heterocycles. The molecule has 5 heteroatoms. The zero-order valence-corrected chi connectivity index (χ0v) is 17.6. The Hall–Kier alpha value is -3.73. The number of amides is 1. The van der Waals surface area contributed by atoms with Crippen molar-refractivity contribution in [1.82, 2.24) is 14.8 Å². The lowest BCUT2D eigenvalue weighted by Gasteiger charge is -2.09. The van der Waals surface area contributed by atoms with E-state index in [1.807, 2.05) is 94.4 Å². The highest BCUT2D eigenvalue weighted by molar-refractivity contribution is 6.02. The van der Waals surface area contributed by atoms with Crippen molar-refractivity contribution in [3.8, 4) is 17.1 Å². The van der Waals surface area contributed by atoms with Gasteiger partial charge in [0, 0.05) is 11.3 Å². The first-order chi connectivity index (χ1) is 14.4. The number of hydrogen-bond acceptors (Lipinski definition) is 3. The van der Waals surface area contributed by atoms with Gasteiger partial charge < -0.3 is 5.32 Å². The number of nitrogens with zero attached hydrogens (tertiary/aromatic N) is 3. The van der Waals surface area contributed by atoms with Crippen LogP contribution in [0.3, 0.4) is 0 Å². The van der Waals surface area contributed by atoms with Crippen molar-refractivity contribution in [3.63, 3.8) is 0 Å². The Morgan fingerprint density at radius 1 is 0.833 bits per heavy atom. The predicted molar refractivity (Wildman–Crippen MR) is 120 cm³/mol. The second kappa shape index (κ2) is 7.95. The van der Waals surface area contributed by atoms with Crippen molar-refractivity contribution in [1.29, 1.82) is 0 Å². The molecule has 0 unspecified atom stereocenters. The summed E-state index contributed by atoms with van der Waals surface area (Å²) in [5.74, 6) is 0.439. The van der Waals surface area contributed by atoms with Crippen LogP contribution in [0.25, 0.3) is 17.1 Å². The lowest BCUT2D eigenvalue weighted by molar-refractivity contribution is 0.101. The van der Waals surface area contributed by atoms with Crippen molar-refractivity contribution in [2.24, 2.45) is 0 Å². The summed E-state index contributed by atoms with van der Waals surface area (Å²) >= 11 is 0. The maximum absolute atomic E-state index is 13.0. The summed E-state index contributed by atoms with van der Waals surface area (Å²) in [6, 6.07) is 21.8. The zero-order chi connectivity index (χ0) is 21.3. The topological polar surface area (TPSA) is 59.8 Å². The fourth-order valence-electron chi connectivity index (χ4n) is 3.33. The average molecular weight is 396 g/mol. The minimum Gasteiger partial charge on any atom is -0.319 e. The smallest absolute Gasteiger partial charge is 0.295 e. The quantitative estimate of drug-likeness (QED) is 0.501. The molecule has 1 amide bonds. The normalized spacial score (nSPS) is 10.8. The number of carbonyl (C=O) groups excluding carboxylic acids is 1. The molecule has 150 valence electrons. The predicted octanol–water partition coefficient (Wildman–Crippen LogP) is 5.42. The van der Waals surface area contributed by atoms with Gasteiger partial charge in [0.25, 0.3) is 5.91 Å². The Morgan fingerprint density at radius 2 is 1.53 bits per heavy atom. The maximum atomic E-state index is 13.0. The van der Waals surface area contributed by atoms with E-state index in [2.05, 4.69) is 15.4 Å². The number of anilines is 1. The molecule has 1 aromatic heterocycles. The van der Waals surface area contributed by atoms with Gasteiger partial charge in [0.1, 0.15) is 0 Å². The lowest BCUT2D eigenvalue weighted by atomic mass is 10.1. The standard InChI is InChI=1S/C25H24N4O/c1-16-12-14-20(15-13-16)24-27-23(28-29(24)22-11-6-5-8-18(22)3)25(30)26-21-10-7-9-17(2)19(21)4/h5-15H,1-4H3,(H,26,30). The van der Waals surface area contributed by atoms with Gasteiger partial charge in [0.2, 0.25) is 5.82 Å². The molecule has 0 radical (unpaired) electrons. The fraction of sp³-hybridized carbons (Fsp3) is 0.160. The molecule has 0 aliphatic rings. The monoisotopic (exact) mass is 396 g/mol. The van der Waals surface area contributed by atoms with Crippen LogP contribution in [-0.4, -0.2) is 20.7 Å². The molecule has 0 fully saturated rings. The number of hydrogen-bond donors (Lipinski definition) is 1. The molecule has 4 rings (SSSR count). The second-order valence-corrected chi connectivity index (χ2v) is 7.52. The van der Waals surface area contributed by atoms with Crippen LogP contribution in [0.2, 0.25) is 0 Å². The van der Waals surface area contributed by atoms with Crippen molar-refractivity contribution in [2.45, 2.75) is 27.7 Å². The van der Waals surface area contributed by atoms with Crippen LogP contribution in [0.1, 0.15) is 32.9 Å². The van der Waals surface area contributed by atoms with Gasteiger partial charge in [-0.25, -0.2) is 9.67 Å². The van der Waals surface area contributed by atoms with E-state index >= 15 is 0 Å². The minimum absolute atomic E-state index is 0.134. The van der Waals surface area contributed by atoms with E-state index in [1.165, 1.54) is 0 Å². The second-order valence-electron chi connectivity index (χ2n) is 7.52. The summed E-state index contributed by atoms with van der Waals surface area (Å²) < 4.78 is 1.75. The van der Waals surface area contributed by atoms with E-state index < -0.39 is 0 Å². The summed E-state index contributed by atoms with van der Waals surface area (Å²) in [5.41, 5.74) is 6.93. The van der Waals surface area contributed by atoms with Crippen molar-refractivity contribution < 1.29 is 4.79 Å². The van der Waals surface area contributed by atoms with Crippen LogP contribution in [0, 0.1) is 27.7 Å². The first-order valence-corrected chi connectivity index (χ1v) is 9.91. The Labute approximate surface area is 176 Å². The highest BCUT2D eigenvalue weighted by Gasteiger charge is 2.20. The van der Waals surface area contributed by atoms with Gasteiger partial charge in [-0.1, -0.05) is 60.2 Å². The number of aryl methyl sites for hydroxylation is 3. The molecule has 1 N–H and O–H groups in total.